The monoisotopic (exact) mass is 381 g/mol. The Morgan fingerprint density at radius 3 is 2.19 bits per heavy atom. The van der Waals surface area contributed by atoms with Crippen molar-refractivity contribution in [3.8, 4) is 0 Å². The fourth-order valence-electron chi connectivity index (χ4n) is 3.33. The van der Waals surface area contributed by atoms with Crippen LogP contribution in [0, 0.1) is 12.8 Å². The van der Waals surface area contributed by atoms with Crippen LogP contribution in [-0.4, -0.2) is 50.5 Å². The standard InChI is InChI=1S/C18H27N3O4S/c1-4-16(18(23)20-11-9-14(10-12-20)17(19)22)21(26(3,24)25)15-7-5-13(2)6-8-15/h5-8,14,16H,4,9-12H2,1-3H3,(H2,19,22). The first kappa shape index (κ1) is 20.2. The second-order valence-electron chi connectivity index (χ2n) is 6.82. The molecule has 1 aliphatic rings. The number of hydrogen-bond acceptors (Lipinski definition) is 4. The lowest BCUT2D eigenvalue weighted by Crippen LogP contribution is -2.53. The lowest BCUT2D eigenvalue weighted by Gasteiger charge is -2.37. The van der Waals surface area contributed by atoms with Crippen LogP contribution < -0.4 is 10.0 Å². The average molecular weight is 381 g/mol. The van der Waals surface area contributed by atoms with Gasteiger partial charge < -0.3 is 10.6 Å². The molecule has 1 aliphatic heterocycles. The predicted molar refractivity (Wildman–Crippen MR) is 101 cm³/mol. The number of benzene rings is 1. The third-order valence-electron chi connectivity index (χ3n) is 4.81. The lowest BCUT2D eigenvalue weighted by atomic mass is 9.95. The molecule has 144 valence electrons. The van der Waals surface area contributed by atoms with E-state index in [-0.39, 0.29) is 17.7 Å². The maximum atomic E-state index is 13.0. The van der Waals surface area contributed by atoms with E-state index >= 15 is 0 Å². The van der Waals surface area contributed by atoms with E-state index in [9.17, 15) is 18.0 Å². The van der Waals surface area contributed by atoms with Gasteiger partial charge in [0, 0.05) is 19.0 Å². The van der Waals surface area contributed by atoms with Crippen molar-refractivity contribution in [1.29, 1.82) is 0 Å². The highest BCUT2D eigenvalue weighted by Gasteiger charge is 2.36. The summed E-state index contributed by atoms with van der Waals surface area (Å²) in [6.45, 7) is 4.54. The SMILES string of the molecule is CCC(C(=O)N1CCC(C(N)=O)CC1)N(c1ccc(C)cc1)S(C)(=O)=O. The molecule has 7 nitrogen and oxygen atoms in total. The van der Waals surface area contributed by atoms with Gasteiger partial charge in [-0.1, -0.05) is 24.6 Å². The van der Waals surface area contributed by atoms with Gasteiger partial charge in [0.25, 0.3) is 0 Å². The van der Waals surface area contributed by atoms with Crippen molar-refractivity contribution in [3.63, 3.8) is 0 Å². The number of carbonyl (C=O) groups excluding carboxylic acids is 2. The number of primary amides is 1. The average Bonchev–Trinajstić information content (AvgIpc) is 2.59. The third kappa shape index (κ3) is 4.55. The summed E-state index contributed by atoms with van der Waals surface area (Å²) in [5.74, 6) is -0.801. The van der Waals surface area contributed by atoms with Gasteiger partial charge in [-0.3, -0.25) is 13.9 Å². The van der Waals surface area contributed by atoms with Crippen LogP contribution in [-0.2, 0) is 19.6 Å². The largest absolute Gasteiger partial charge is 0.369 e. The van der Waals surface area contributed by atoms with Gasteiger partial charge in [0.15, 0.2) is 0 Å². The zero-order valence-electron chi connectivity index (χ0n) is 15.5. The van der Waals surface area contributed by atoms with Crippen LogP contribution in [0.15, 0.2) is 24.3 Å². The van der Waals surface area contributed by atoms with Crippen molar-refractivity contribution in [2.75, 3.05) is 23.7 Å². The predicted octanol–water partition coefficient (Wildman–Crippen LogP) is 1.26. The molecule has 0 bridgehead atoms. The van der Waals surface area contributed by atoms with E-state index in [1.165, 1.54) is 4.31 Å². The van der Waals surface area contributed by atoms with Gasteiger partial charge in [0.05, 0.1) is 11.9 Å². The molecule has 2 rings (SSSR count). The Labute approximate surface area is 155 Å². The summed E-state index contributed by atoms with van der Waals surface area (Å²) in [6, 6.07) is 6.27. The van der Waals surface area contributed by atoms with Crippen molar-refractivity contribution < 1.29 is 18.0 Å². The number of piperidine rings is 1. The summed E-state index contributed by atoms with van der Waals surface area (Å²) in [7, 11) is -3.64. The second-order valence-corrected chi connectivity index (χ2v) is 8.68. The first-order chi connectivity index (χ1) is 12.1. The first-order valence-corrected chi connectivity index (χ1v) is 10.6. The molecule has 2 amide bonds. The van der Waals surface area contributed by atoms with Gasteiger partial charge in [-0.2, -0.15) is 0 Å². The molecule has 1 fully saturated rings. The zero-order valence-corrected chi connectivity index (χ0v) is 16.3. The number of aryl methyl sites for hydroxylation is 1. The van der Waals surface area contributed by atoms with E-state index in [0.717, 1.165) is 11.8 Å². The van der Waals surface area contributed by atoms with Gasteiger partial charge in [0.1, 0.15) is 6.04 Å². The molecule has 1 atom stereocenters. The molecular weight excluding hydrogens is 354 g/mol. The van der Waals surface area contributed by atoms with Gasteiger partial charge >= 0.3 is 0 Å². The molecule has 1 saturated heterocycles. The highest BCUT2D eigenvalue weighted by atomic mass is 32.2. The Bertz CT molecular complexity index is 753. The molecule has 0 saturated carbocycles. The first-order valence-electron chi connectivity index (χ1n) is 8.79. The minimum Gasteiger partial charge on any atom is -0.369 e. The van der Waals surface area contributed by atoms with Gasteiger partial charge in [-0.05, 0) is 38.3 Å². The maximum absolute atomic E-state index is 13.0. The van der Waals surface area contributed by atoms with E-state index in [4.69, 9.17) is 5.73 Å². The molecule has 2 N–H and O–H groups in total. The van der Waals surface area contributed by atoms with Crippen molar-refractivity contribution >= 4 is 27.5 Å². The number of likely N-dealkylation sites (tertiary alicyclic amines) is 1. The number of hydrogen-bond donors (Lipinski definition) is 1. The van der Waals surface area contributed by atoms with E-state index in [0.29, 0.717) is 38.0 Å². The minimum absolute atomic E-state index is 0.220. The van der Waals surface area contributed by atoms with E-state index in [2.05, 4.69) is 0 Å². The van der Waals surface area contributed by atoms with Gasteiger partial charge in [-0.25, -0.2) is 8.42 Å². The summed E-state index contributed by atoms with van der Waals surface area (Å²) in [6.07, 6.45) is 2.50. The Balaban J connectivity index is 2.26. The molecule has 1 aromatic rings. The van der Waals surface area contributed by atoms with Crippen LogP contribution in [0.1, 0.15) is 31.7 Å². The van der Waals surface area contributed by atoms with E-state index in [1.54, 1.807) is 24.0 Å². The van der Waals surface area contributed by atoms with Crippen LogP contribution >= 0.6 is 0 Å². The number of rotatable bonds is 6. The Hall–Kier alpha value is -2.09. The highest BCUT2D eigenvalue weighted by Crippen LogP contribution is 2.25. The number of sulfonamides is 1. The zero-order chi connectivity index (χ0) is 19.5. The normalized spacial score (nSPS) is 17.0. The molecule has 1 unspecified atom stereocenters. The smallest absolute Gasteiger partial charge is 0.246 e. The van der Waals surface area contributed by atoms with Crippen LogP contribution in [0.3, 0.4) is 0 Å². The van der Waals surface area contributed by atoms with Crippen molar-refractivity contribution in [1.82, 2.24) is 4.90 Å². The molecule has 8 heteroatoms. The summed E-state index contributed by atoms with van der Waals surface area (Å²) in [5, 5.41) is 0. The van der Waals surface area contributed by atoms with Gasteiger partial charge in [0.2, 0.25) is 21.8 Å². The van der Waals surface area contributed by atoms with Crippen LogP contribution in [0.5, 0.6) is 0 Å². The summed E-state index contributed by atoms with van der Waals surface area (Å²) in [4.78, 5) is 26.0. The minimum atomic E-state index is -3.64. The van der Waals surface area contributed by atoms with E-state index < -0.39 is 16.1 Å². The Morgan fingerprint density at radius 2 is 1.77 bits per heavy atom. The van der Waals surface area contributed by atoms with E-state index in [1.807, 2.05) is 19.1 Å². The van der Waals surface area contributed by atoms with Crippen LogP contribution in [0.25, 0.3) is 0 Å². The molecule has 0 spiro atoms. The second kappa shape index (κ2) is 8.07. The number of amides is 2. The topological polar surface area (TPSA) is 101 Å². The van der Waals surface area contributed by atoms with Crippen molar-refractivity contribution in [3.05, 3.63) is 29.8 Å². The number of nitrogens with two attached hydrogens (primary N) is 1. The maximum Gasteiger partial charge on any atom is 0.246 e. The van der Waals surface area contributed by atoms with Gasteiger partial charge in [-0.15, -0.1) is 0 Å². The lowest BCUT2D eigenvalue weighted by molar-refractivity contribution is -0.135. The molecule has 1 heterocycles. The molecule has 0 aliphatic carbocycles. The molecule has 26 heavy (non-hydrogen) atoms. The molecule has 0 aromatic heterocycles. The Morgan fingerprint density at radius 1 is 1.23 bits per heavy atom. The number of anilines is 1. The molecule has 0 radical (unpaired) electrons. The quantitative estimate of drug-likeness (QED) is 0.802. The van der Waals surface area contributed by atoms with Crippen LogP contribution in [0.2, 0.25) is 0 Å². The van der Waals surface area contributed by atoms with Crippen LogP contribution in [0.4, 0.5) is 5.69 Å². The Kier molecular flexibility index (Phi) is 6.28. The highest BCUT2D eigenvalue weighted by molar-refractivity contribution is 7.92. The summed E-state index contributed by atoms with van der Waals surface area (Å²) < 4.78 is 26.1. The fraction of sp³-hybridized carbons (Fsp3) is 0.556. The number of nitrogens with zero attached hydrogens (tertiary/aromatic N) is 2. The number of carbonyl (C=O) groups is 2. The summed E-state index contributed by atoms with van der Waals surface area (Å²) >= 11 is 0. The fourth-order valence-corrected chi connectivity index (χ4v) is 4.54. The molecular formula is C18H27N3O4S. The summed E-state index contributed by atoms with van der Waals surface area (Å²) in [5.41, 5.74) is 6.82. The van der Waals surface area contributed by atoms with Crippen molar-refractivity contribution in [2.24, 2.45) is 11.7 Å². The third-order valence-corrected chi connectivity index (χ3v) is 5.99. The van der Waals surface area contributed by atoms with Crippen molar-refractivity contribution in [2.45, 2.75) is 39.2 Å². The molecule has 1 aromatic carbocycles.